The second kappa shape index (κ2) is 7.88. The van der Waals surface area contributed by atoms with E-state index in [9.17, 15) is 0 Å². The first-order chi connectivity index (χ1) is 8.24. The van der Waals surface area contributed by atoms with E-state index in [0.29, 0.717) is 0 Å². The zero-order chi connectivity index (χ0) is 12.5. The number of pyridine rings is 1. The van der Waals surface area contributed by atoms with E-state index < -0.39 is 0 Å². The zero-order valence-corrected chi connectivity index (χ0v) is 11.3. The van der Waals surface area contributed by atoms with Gasteiger partial charge in [-0.05, 0) is 44.2 Å². The normalized spacial score (nSPS) is 11.0. The van der Waals surface area contributed by atoms with E-state index in [1.165, 1.54) is 30.5 Å². The second-order valence-electron chi connectivity index (χ2n) is 4.52. The summed E-state index contributed by atoms with van der Waals surface area (Å²) in [4.78, 5) is 6.50. The summed E-state index contributed by atoms with van der Waals surface area (Å²) >= 11 is 0. The molecule has 0 unspecified atom stereocenters. The van der Waals surface area contributed by atoms with E-state index >= 15 is 0 Å². The summed E-state index contributed by atoms with van der Waals surface area (Å²) in [5, 5.41) is 0. The van der Waals surface area contributed by atoms with Gasteiger partial charge in [0.1, 0.15) is 0 Å². The maximum Gasteiger partial charge on any atom is 0.0552 e. The molecule has 0 aliphatic heterocycles. The van der Waals surface area contributed by atoms with E-state index in [0.717, 1.165) is 13.0 Å². The molecule has 2 heteroatoms. The monoisotopic (exact) mass is 232 g/mol. The van der Waals surface area contributed by atoms with E-state index in [1.807, 2.05) is 12.4 Å². The van der Waals surface area contributed by atoms with Crippen molar-refractivity contribution in [3.05, 3.63) is 36.2 Å². The van der Waals surface area contributed by atoms with E-state index in [-0.39, 0.29) is 0 Å². The Hall–Kier alpha value is -1.31. The first-order valence-electron chi connectivity index (χ1n) is 6.52. The molecule has 0 atom stereocenters. The van der Waals surface area contributed by atoms with Gasteiger partial charge in [-0.15, -0.1) is 0 Å². The molecule has 2 nitrogen and oxygen atoms in total. The zero-order valence-electron chi connectivity index (χ0n) is 11.3. The molecule has 94 valence electrons. The molecule has 0 radical (unpaired) electrons. The molecule has 0 amide bonds. The molecule has 1 aromatic rings. The summed E-state index contributed by atoms with van der Waals surface area (Å²) in [6, 6.07) is 2.18. The van der Waals surface area contributed by atoms with Crippen molar-refractivity contribution in [1.29, 1.82) is 0 Å². The van der Waals surface area contributed by atoms with Crippen LogP contribution in [0.5, 0.6) is 0 Å². The van der Waals surface area contributed by atoms with Crippen molar-refractivity contribution in [3.8, 4) is 0 Å². The van der Waals surface area contributed by atoms with Crippen LogP contribution < -0.4 is 4.90 Å². The molecule has 0 bridgehead atoms. The van der Waals surface area contributed by atoms with Crippen LogP contribution >= 0.6 is 0 Å². The molecule has 0 N–H and O–H groups in total. The number of hydrogen-bond donors (Lipinski definition) is 0. The Morgan fingerprint density at radius 2 is 2.06 bits per heavy atom. The molecule has 0 aliphatic carbocycles. The maximum absolute atomic E-state index is 4.22. The van der Waals surface area contributed by atoms with Crippen molar-refractivity contribution in [2.24, 2.45) is 0 Å². The highest BCUT2D eigenvalue weighted by Gasteiger charge is 2.00. The van der Waals surface area contributed by atoms with Crippen LogP contribution in [0.25, 0.3) is 0 Å². The van der Waals surface area contributed by atoms with Gasteiger partial charge in [-0.3, -0.25) is 4.98 Å². The van der Waals surface area contributed by atoms with Crippen LogP contribution in [0, 0.1) is 6.92 Å². The van der Waals surface area contributed by atoms with Gasteiger partial charge < -0.3 is 4.90 Å². The van der Waals surface area contributed by atoms with E-state index in [4.69, 9.17) is 0 Å². The number of aromatic nitrogens is 1. The van der Waals surface area contributed by atoms with Crippen molar-refractivity contribution < 1.29 is 0 Å². The van der Waals surface area contributed by atoms with Crippen LogP contribution in [0.3, 0.4) is 0 Å². The molecule has 1 heterocycles. The molecule has 0 fully saturated rings. The quantitative estimate of drug-likeness (QED) is 0.522. The number of aryl methyl sites for hydroxylation is 1. The Labute approximate surface area is 105 Å². The van der Waals surface area contributed by atoms with Crippen LogP contribution in [-0.4, -0.2) is 18.6 Å². The largest absolute Gasteiger partial charge is 0.373 e. The van der Waals surface area contributed by atoms with Crippen molar-refractivity contribution >= 4 is 5.69 Å². The highest BCUT2D eigenvalue weighted by atomic mass is 15.1. The standard InChI is InChI=1S/C15H24N2/c1-4-5-6-7-8-9-10-17(3)15-11-14(2)12-16-13-15/h5-6,11-13H,4,7-10H2,1-3H3. The number of rotatable bonds is 7. The van der Waals surface area contributed by atoms with Gasteiger partial charge in [0.05, 0.1) is 11.9 Å². The number of hydrogen-bond acceptors (Lipinski definition) is 2. The van der Waals surface area contributed by atoms with Crippen LogP contribution in [0.15, 0.2) is 30.6 Å². The van der Waals surface area contributed by atoms with Crippen LogP contribution in [0.1, 0.15) is 38.2 Å². The fourth-order valence-electron chi connectivity index (χ4n) is 1.77. The van der Waals surface area contributed by atoms with Crippen LogP contribution in [0.4, 0.5) is 5.69 Å². The predicted molar refractivity (Wildman–Crippen MR) is 75.5 cm³/mol. The molecule has 1 aromatic heterocycles. The predicted octanol–water partition coefficient (Wildman–Crippen LogP) is 3.96. The van der Waals surface area contributed by atoms with Gasteiger partial charge in [0.2, 0.25) is 0 Å². The summed E-state index contributed by atoms with van der Waals surface area (Å²) in [6.07, 6.45) is 13.2. The van der Waals surface area contributed by atoms with Crippen LogP contribution in [0.2, 0.25) is 0 Å². The molecule has 0 aliphatic rings. The summed E-state index contributed by atoms with van der Waals surface area (Å²) in [5.41, 5.74) is 2.44. The van der Waals surface area contributed by atoms with Gasteiger partial charge in [-0.2, -0.15) is 0 Å². The molecule has 1 rings (SSSR count). The average molecular weight is 232 g/mol. The summed E-state index contributed by atoms with van der Waals surface area (Å²) in [7, 11) is 2.14. The van der Waals surface area contributed by atoms with Gasteiger partial charge in [-0.25, -0.2) is 0 Å². The lowest BCUT2D eigenvalue weighted by molar-refractivity contribution is 0.728. The molecule has 0 saturated carbocycles. The minimum atomic E-state index is 1.10. The molecule has 0 spiro atoms. The smallest absolute Gasteiger partial charge is 0.0552 e. The molecular weight excluding hydrogens is 208 g/mol. The maximum atomic E-state index is 4.22. The minimum Gasteiger partial charge on any atom is -0.373 e. The number of unbranched alkanes of at least 4 members (excludes halogenated alkanes) is 2. The summed E-state index contributed by atoms with van der Waals surface area (Å²) in [6.45, 7) is 5.36. The topological polar surface area (TPSA) is 16.1 Å². The van der Waals surface area contributed by atoms with Crippen molar-refractivity contribution in [2.75, 3.05) is 18.5 Å². The fraction of sp³-hybridized carbons (Fsp3) is 0.533. The third-order valence-electron chi connectivity index (χ3n) is 2.82. The second-order valence-corrected chi connectivity index (χ2v) is 4.52. The Morgan fingerprint density at radius 1 is 1.24 bits per heavy atom. The summed E-state index contributed by atoms with van der Waals surface area (Å²) < 4.78 is 0. The SMILES string of the molecule is CCC=CCCCCN(C)c1cncc(C)c1. The first kappa shape index (κ1) is 13.8. The number of anilines is 1. The van der Waals surface area contributed by atoms with Crippen molar-refractivity contribution in [2.45, 2.75) is 39.5 Å². The lowest BCUT2D eigenvalue weighted by atomic mass is 10.2. The van der Waals surface area contributed by atoms with Gasteiger partial charge in [0.15, 0.2) is 0 Å². The molecule has 0 aromatic carbocycles. The first-order valence-corrected chi connectivity index (χ1v) is 6.52. The number of nitrogens with zero attached hydrogens (tertiary/aromatic N) is 2. The van der Waals surface area contributed by atoms with Crippen LogP contribution in [-0.2, 0) is 0 Å². The van der Waals surface area contributed by atoms with Gasteiger partial charge in [0.25, 0.3) is 0 Å². The molecule has 17 heavy (non-hydrogen) atoms. The van der Waals surface area contributed by atoms with Crippen molar-refractivity contribution in [1.82, 2.24) is 4.98 Å². The Bertz CT molecular complexity index is 345. The molecular formula is C15H24N2. The summed E-state index contributed by atoms with van der Waals surface area (Å²) in [5.74, 6) is 0. The molecule has 0 saturated heterocycles. The minimum absolute atomic E-state index is 1.10. The van der Waals surface area contributed by atoms with E-state index in [1.54, 1.807) is 0 Å². The van der Waals surface area contributed by atoms with Gasteiger partial charge >= 0.3 is 0 Å². The third-order valence-corrected chi connectivity index (χ3v) is 2.82. The number of allylic oxidation sites excluding steroid dienone is 2. The lowest BCUT2D eigenvalue weighted by Gasteiger charge is -2.18. The van der Waals surface area contributed by atoms with Gasteiger partial charge in [0, 0.05) is 19.8 Å². The van der Waals surface area contributed by atoms with Crippen molar-refractivity contribution in [3.63, 3.8) is 0 Å². The third kappa shape index (κ3) is 5.53. The highest BCUT2D eigenvalue weighted by molar-refractivity contribution is 5.44. The Kier molecular flexibility index (Phi) is 6.38. The highest BCUT2D eigenvalue weighted by Crippen LogP contribution is 2.13. The Morgan fingerprint density at radius 3 is 2.76 bits per heavy atom. The Balaban J connectivity index is 2.25. The van der Waals surface area contributed by atoms with Gasteiger partial charge in [-0.1, -0.05) is 19.1 Å². The van der Waals surface area contributed by atoms with E-state index in [2.05, 4.69) is 49.0 Å². The fourth-order valence-corrected chi connectivity index (χ4v) is 1.77. The lowest BCUT2D eigenvalue weighted by Crippen LogP contribution is -2.18. The average Bonchev–Trinajstić information content (AvgIpc) is 2.33.